The largest absolute Gasteiger partial charge is 0.494 e. The zero-order valence-corrected chi connectivity index (χ0v) is 13.4. The Kier molecular flexibility index (Phi) is 3.68. The molecule has 1 aliphatic rings. The fraction of sp³-hybridized carbons (Fsp3) is 0.133. The van der Waals surface area contributed by atoms with Crippen LogP contribution in [0.25, 0.3) is 20.9 Å². The first-order valence-electron chi connectivity index (χ1n) is 6.87. The molecule has 0 radical (unpaired) electrons. The van der Waals surface area contributed by atoms with Crippen LogP contribution < -0.4 is 5.32 Å². The van der Waals surface area contributed by atoms with Crippen LogP contribution in [-0.4, -0.2) is 29.1 Å². The number of carbonyl (C=O) groups is 1. The van der Waals surface area contributed by atoms with Crippen LogP contribution in [0, 0.1) is 0 Å². The maximum atomic E-state index is 12.0. The van der Waals surface area contributed by atoms with Crippen molar-refractivity contribution in [3.05, 3.63) is 41.7 Å². The number of hydrogen-bond donors (Lipinski definition) is 1. The summed E-state index contributed by atoms with van der Waals surface area (Å²) in [5, 5.41) is 5.91. The Bertz CT molecular complexity index is 867. The van der Waals surface area contributed by atoms with Crippen molar-refractivity contribution < 1.29 is 14.3 Å². The molecule has 1 amide bonds. The van der Waals surface area contributed by atoms with E-state index < -0.39 is 0 Å². The van der Waals surface area contributed by atoms with E-state index in [2.05, 4.69) is 15.3 Å². The Labute approximate surface area is 139 Å². The van der Waals surface area contributed by atoms with Crippen molar-refractivity contribution in [1.29, 1.82) is 0 Å². The van der Waals surface area contributed by atoms with Crippen molar-refractivity contribution in [2.24, 2.45) is 0 Å². The first kappa shape index (κ1) is 14.2. The number of carbonyl (C=O) groups excluding carboxylic acids is 1. The Morgan fingerprint density at radius 1 is 1.22 bits per heavy atom. The van der Waals surface area contributed by atoms with Crippen LogP contribution >= 0.6 is 22.7 Å². The van der Waals surface area contributed by atoms with Crippen LogP contribution in [0.4, 0.5) is 5.13 Å². The van der Waals surface area contributed by atoms with E-state index in [0.29, 0.717) is 18.3 Å². The van der Waals surface area contributed by atoms with Crippen LogP contribution in [0.3, 0.4) is 0 Å². The molecule has 0 bridgehead atoms. The van der Waals surface area contributed by atoms with Gasteiger partial charge in [-0.3, -0.25) is 10.1 Å². The molecule has 0 aliphatic carbocycles. The second kappa shape index (κ2) is 5.98. The number of amides is 1. The van der Waals surface area contributed by atoms with E-state index in [1.54, 1.807) is 11.3 Å². The Balaban J connectivity index is 1.54. The lowest BCUT2D eigenvalue weighted by molar-refractivity contribution is -0.117. The summed E-state index contributed by atoms with van der Waals surface area (Å²) < 4.78 is 11.4. The number of hydrogen-bond acceptors (Lipinski definition) is 7. The molecule has 1 aromatic carbocycles. The molecule has 0 fully saturated rings. The fourth-order valence-corrected chi connectivity index (χ4v) is 3.75. The standard InChI is InChI=1S/C15H11N3O3S2/c19-13(11-7-20-5-6-21-11)18-15-17-10(8-22-15)14-16-9-3-1-2-4-12(9)23-14/h1-4,7-8H,5-6H2,(H,17,18,19). The average molecular weight is 345 g/mol. The van der Waals surface area contributed by atoms with Crippen molar-refractivity contribution in [3.63, 3.8) is 0 Å². The zero-order valence-electron chi connectivity index (χ0n) is 11.8. The monoisotopic (exact) mass is 345 g/mol. The van der Waals surface area contributed by atoms with E-state index in [0.717, 1.165) is 20.9 Å². The number of thiazole rings is 2. The topological polar surface area (TPSA) is 73.3 Å². The van der Waals surface area contributed by atoms with E-state index in [9.17, 15) is 4.79 Å². The summed E-state index contributed by atoms with van der Waals surface area (Å²) in [6, 6.07) is 7.94. The molecule has 8 heteroatoms. The molecule has 1 N–H and O–H groups in total. The molecule has 3 aromatic rings. The van der Waals surface area contributed by atoms with Gasteiger partial charge >= 0.3 is 0 Å². The highest BCUT2D eigenvalue weighted by atomic mass is 32.1. The summed E-state index contributed by atoms with van der Waals surface area (Å²) in [4.78, 5) is 21.0. The molecule has 0 saturated heterocycles. The maximum absolute atomic E-state index is 12.0. The first-order chi connectivity index (χ1) is 11.3. The van der Waals surface area contributed by atoms with Crippen molar-refractivity contribution in [2.75, 3.05) is 18.5 Å². The molecule has 116 valence electrons. The lowest BCUT2D eigenvalue weighted by Crippen LogP contribution is -2.21. The third-order valence-corrected chi connectivity index (χ3v) is 4.93. The Morgan fingerprint density at radius 2 is 2.13 bits per heavy atom. The average Bonchev–Trinajstić information content (AvgIpc) is 3.21. The van der Waals surface area contributed by atoms with Gasteiger partial charge in [0, 0.05) is 5.38 Å². The highest BCUT2D eigenvalue weighted by Crippen LogP contribution is 2.32. The summed E-state index contributed by atoms with van der Waals surface area (Å²) in [6.45, 7) is 0.823. The lowest BCUT2D eigenvalue weighted by Gasteiger charge is -2.14. The van der Waals surface area contributed by atoms with Crippen LogP contribution in [0.2, 0.25) is 0 Å². The van der Waals surface area contributed by atoms with Gasteiger partial charge in [0.25, 0.3) is 5.91 Å². The van der Waals surface area contributed by atoms with E-state index in [-0.39, 0.29) is 11.7 Å². The number of aromatic nitrogens is 2. The van der Waals surface area contributed by atoms with Gasteiger partial charge in [-0.25, -0.2) is 9.97 Å². The van der Waals surface area contributed by atoms with Gasteiger partial charge in [0.15, 0.2) is 5.13 Å². The second-order valence-corrected chi connectivity index (χ2v) is 6.57. The van der Waals surface area contributed by atoms with Crippen LogP contribution in [0.5, 0.6) is 0 Å². The normalized spacial score (nSPS) is 14.0. The van der Waals surface area contributed by atoms with Crippen molar-refractivity contribution in [3.8, 4) is 10.7 Å². The summed E-state index contributed by atoms with van der Waals surface area (Å²) in [7, 11) is 0. The molecule has 2 aromatic heterocycles. The molecule has 0 atom stereocenters. The van der Waals surface area contributed by atoms with Crippen LogP contribution in [0.15, 0.2) is 41.7 Å². The van der Waals surface area contributed by atoms with Crippen molar-refractivity contribution in [2.45, 2.75) is 0 Å². The summed E-state index contributed by atoms with van der Waals surface area (Å²) in [5.74, 6) is -0.206. The minimum atomic E-state index is -0.366. The molecular weight excluding hydrogens is 334 g/mol. The Morgan fingerprint density at radius 3 is 2.96 bits per heavy atom. The van der Waals surface area contributed by atoms with E-state index in [1.165, 1.54) is 17.6 Å². The quantitative estimate of drug-likeness (QED) is 0.789. The van der Waals surface area contributed by atoms with Gasteiger partial charge in [-0.05, 0) is 12.1 Å². The molecule has 0 unspecified atom stereocenters. The van der Waals surface area contributed by atoms with Gasteiger partial charge in [0.05, 0.1) is 10.2 Å². The fourth-order valence-electron chi connectivity index (χ4n) is 2.06. The number of nitrogens with zero attached hydrogens (tertiary/aromatic N) is 2. The smallest absolute Gasteiger partial charge is 0.295 e. The number of rotatable bonds is 3. The molecule has 0 saturated carbocycles. The highest BCUT2D eigenvalue weighted by molar-refractivity contribution is 7.22. The minimum absolute atomic E-state index is 0.160. The predicted molar refractivity (Wildman–Crippen MR) is 89.3 cm³/mol. The summed E-state index contributed by atoms with van der Waals surface area (Å²) in [5.41, 5.74) is 1.70. The molecule has 4 rings (SSSR count). The van der Waals surface area contributed by atoms with Gasteiger partial charge in [-0.15, -0.1) is 22.7 Å². The van der Waals surface area contributed by atoms with Gasteiger partial charge in [-0.1, -0.05) is 12.1 Å². The minimum Gasteiger partial charge on any atom is -0.494 e. The molecule has 6 nitrogen and oxygen atoms in total. The lowest BCUT2D eigenvalue weighted by atomic mass is 10.3. The number of anilines is 1. The van der Waals surface area contributed by atoms with Gasteiger partial charge in [0.2, 0.25) is 5.76 Å². The predicted octanol–water partition coefficient (Wildman–Crippen LogP) is 3.25. The van der Waals surface area contributed by atoms with Gasteiger partial charge in [-0.2, -0.15) is 0 Å². The molecule has 23 heavy (non-hydrogen) atoms. The maximum Gasteiger partial charge on any atom is 0.295 e. The van der Waals surface area contributed by atoms with E-state index in [1.807, 2.05) is 29.6 Å². The summed E-state index contributed by atoms with van der Waals surface area (Å²) >= 11 is 2.92. The highest BCUT2D eigenvalue weighted by Gasteiger charge is 2.17. The first-order valence-corrected chi connectivity index (χ1v) is 8.56. The van der Waals surface area contributed by atoms with E-state index >= 15 is 0 Å². The van der Waals surface area contributed by atoms with Crippen LogP contribution in [-0.2, 0) is 14.3 Å². The number of ether oxygens (including phenoxy) is 2. The van der Waals surface area contributed by atoms with Crippen LogP contribution in [0.1, 0.15) is 0 Å². The Hall–Kier alpha value is -2.45. The third kappa shape index (κ3) is 2.90. The molecular formula is C15H11N3O3S2. The molecule has 1 aliphatic heterocycles. The number of fused-ring (bicyclic) bond motifs is 1. The molecule has 3 heterocycles. The van der Waals surface area contributed by atoms with Gasteiger partial charge in [0.1, 0.15) is 30.2 Å². The van der Waals surface area contributed by atoms with Gasteiger partial charge < -0.3 is 9.47 Å². The van der Waals surface area contributed by atoms with Crippen molar-refractivity contribution in [1.82, 2.24) is 9.97 Å². The second-order valence-electron chi connectivity index (χ2n) is 4.68. The number of nitrogens with one attached hydrogen (secondary N) is 1. The van der Waals surface area contributed by atoms with E-state index in [4.69, 9.17) is 9.47 Å². The number of benzene rings is 1. The third-order valence-electron chi connectivity index (χ3n) is 3.11. The molecule has 0 spiro atoms. The summed E-state index contributed by atoms with van der Waals surface area (Å²) in [6.07, 6.45) is 1.32. The number of para-hydroxylation sites is 1. The van der Waals surface area contributed by atoms with Crippen molar-refractivity contribution >= 4 is 43.9 Å². The SMILES string of the molecule is O=C(Nc1nc(-c2nc3ccccc3s2)cs1)C1=COCCO1. The zero-order chi connectivity index (χ0) is 15.6.